The molecule has 0 saturated heterocycles. The van der Waals surface area contributed by atoms with Gasteiger partial charge in [-0.3, -0.25) is 9.59 Å². The van der Waals surface area contributed by atoms with Crippen LogP contribution in [0.3, 0.4) is 0 Å². The molecular weight excluding hydrogens is 274 g/mol. The van der Waals surface area contributed by atoms with E-state index >= 15 is 0 Å². The van der Waals surface area contributed by atoms with Crippen LogP contribution in [0.4, 0.5) is 10.5 Å². The molecule has 0 aliphatic carbocycles. The lowest BCUT2D eigenvalue weighted by molar-refractivity contribution is -0.135. The minimum Gasteiger partial charge on any atom is -0.480 e. The van der Waals surface area contributed by atoms with Crippen LogP contribution in [0.5, 0.6) is 0 Å². The largest absolute Gasteiger partial charge is 0.480 e. The highest BCUT2D eigenvalue weighted by molar-refractivity contribution is 5.96. The van der Waals surface area contributed by atoms with Gasteiger partial charge < -0.3 is 21.1 Å². The summed E-state index contributed by atoms with van der Waals surface area (Å²) in [6, 6.07) is 5.76. The predicted octanol–water partition coefficient (Wildman–Crippen LogP) is 1.20. The van der Waals surface area contributed by atoms with Crippen molar-refractivity contribution in [2.75, 3.05) is 18.4 Å². The Kier molecular flexibility index (Phi) is 6.46. The first kappa shape index (κ1) is 16.2. The molecule has 0 unspecified atom stereocenters. The van der Waals surface area contributed by atoms with Crippen molar-refractivity contribution in [3.05, 3.63) is 42.5 Å². The number of rotatable bonds is 7. The molecule has 21 heavy (non-hydrogen) atoms. The second-order valence-electron chi connectivity index (χ2n) is 4.11. The van der Waals surface area contributed by atoms with E-state index in [-0.39, 0.29) is 6.03 Å². The van der Waals surface area contributed by atoms with Crippen molar-refractivity contribution >= 4 is 23.6 Å². The Hall–Kier alpha value is -2.83. The Morgan fingerprint density at radius 1 is 1.14 bits per heavy atom. The Bertz CT molecular complexity index is 526. The molecule has 0 saturated carbocycles. The molecule has 3 amide bonds. The van der Waals surface area contributed by atoms with E-state index in [0.29, 0.717) is 24.2 Å². The fraction of sp³-hybridized carbons (Fsp3) is 0.214. The third kappa shape index (κ3) is 6.24. The van der Waals surface area contributed by atoms with Crippen LogP contribution in [0.15, 0.2) is 36.9 Å². The molecule has 1 aromatic carbocycles. The normalized spacial score (nSPS) is 9.52. The quantitative estimate of drug-likeness (QED) is 0.447. The van der Waals surface area contributed by atoms with Crippen LogP contribution in [0.1, 0.15) is 16.8 Å². The molecule has 7 heteroatoms. The Morgan fingerprint density at radius 2 is 1.81 bits per heavy atom. The summed E-state index contributed by atoms with van der Waals surface area (Å²) in [5.41, 5.74) is 0.842. The summed E-state index contributed by atoms with van der Waals surface area (Å²) in [6.07, 6.45) is 2.38. The van der Waals surface area contributed by atoms with Crippen molar-refractivity contribution in [2.45, 2.75) is 6.42 Å². The summed E-state index contributed by atoms with van der Waals surface area (Å²) in [6.45, 7) is 3.60. The zero-order valence-corrected chi connectivity index (χ0v) is 11.4. The number of carboxylic acids is 1. The lowest BCUT2D eigenvalue weighted by atomic mass is 10.2. The summed E-state index contributed by atoms with van der Waals surface area (Å²) in [5.74, 6) is -1.60. The first-order chi connectivity index (χ1) is 10.0. The standard InChI is InChI=1S/C14H17N3O4/c1-2-3-8-15-14(21)17-11-6-4-10(5-7-11)13(20)16-9-12(18)19/h2,4-7H,1,3,8-9H2,(H,16,20)(H,18,19)(H2,15,17,21). The monoisotopic (exact) mass is 291 g/mol. The summed E-state index contributed by atoms with van der Waals surface area (Å²) < 4.78 is 0. The second-order valence-corrected chi connectivity index (χ2v) is 4.11. The molecule has 0 bridgehead atoms. The molecule has 0 radical (unpaired) electrons. The molecule has 0 aromatic heterocycles. The zero-order valence-electron chi connectivity index (χ0n) is 11.4. The first-order valence-electron chi connectivity index (χ1n) is 6.28. The molecule has 4 N–H and O–H groups in total. The van der Waals surface area contributed by atoms with Crippen LogP contribution in [0.2, 0.25) is 0 Å². The zero-order chi connectivity index (χ0) is 15.7. The smallest absolute Gasteiger partial charge is 0.322 e. The number of carbonyl (C=O) groups excluding carboxylic acids is 2. The van der Waals surface area contributed by atoms with Gasteiger partial charge in [-0.2, -0.15) is 0 Å². The van der Waals surface area contributed by atoms with E-state index < -0.39 is 18.4 Å². The number of urea groups is 1. The van der Waals surface area contributed by atoms with Gasteiger partial charge in [-0.05, 0) is 30.7 Å². The highest BCUT2D eigenvalue weighted by Gasteiger charge is 2.07. The number of aliphatic carboxylic acids is 1. The Balaban J connectivity index is 2.49. The number of anilines is 1. The van der Waals surface area contributed by atoms with Gasteiger partial charge in [0.2, 0.25) is 0 Å². The van der Waals surface area contributed by atoms with Crippen LogP contribution in [-0.4, -0.2) is 36.1 Å². The number of carboxylic acid groups (broad SMARTS) is 1. The summed E-state index contributed by atoms with van der Waals surface area (Å²) in [7, 11) is 0. The molecule has 0 aliphatic heterocycles. The minimum absolute atomic E-state index is 0.314. The molecule has 0 aliphatic rings. The molecule has 112 valence electrons. The average Bonchev–Trinajstić information content (AvgIpc) is 2.45. The third-order valence-electron chi connectivity index (χ3n) is 2.44. The van der Waals surface area contributed by atoms with E-state index in [1.54, 1.807) is 18.2 Å². The maximum absolute atomic E-state index is 11.6. The fourth-order valence-electron chi connectivity index (χ4n) is 1.43. The lowest BCUT2D eigenvalue weighted by Gasteiger charge is -2.07. The molecule has 0 spiro atoms. The van der Waals surface area contributed by atoms with Crippen molar-refractivity contribution in [1.82, 2.24) is 10.6 Å². The maximum Gasteiger partial charge on any atom is 0.322 e. The van der Waals surface area contributed by atoms with Crippen molar-refractivity contribution in [2.24, 2.45) is 0 Å². The predicted molar refractivity (Wildman–Crippen MR) is 78.2 cm³/mol. The molecule has 7 nitrogen and oxygen atoms in total. The van der Waals surface area contributed by atoms with Crippen LogP contribution >= 0.6 is 0 Å². The molecule has 0 atom stereocenters. The number of benzene rings is 1. The summed E-state index contributed by atoms with van der Waals surface area (Å²) in [4.78, 5) is 33.4. The van der Waals surface area contributed by atoms with E-state index in [1.807, 2.05) is 0 Å². The van der Waals surface area contributed by atoms with E-state index in [1.165, 1.54) is 12.1 Å². The minimum atomic E-state index is -1.11. The van der Waals surface area contributed by atoms with Crippen LogP contribution < -0.4 is 16.0 Å². The molecule has 0 heterocycles. The number of nitrogens with one attached hydrogen (secondary N) is 3. The maximum atomic E-state index is 11.6. The average molecular weight is 291 g/mol. The number of hydrogen-bond acceptors (Lipinski definition) is 3. The van der Waals surface area contributed by atoms with Gasteiger partial charge in [0, 0.05) is 17.8 Å². The van der Waals surface area contributed by atoms with Gasteiger partial charge in [0.1, 0.15) is 6.54 Å². The number of amides is 3. The molecule has 0 fully saturated rings. The van der Waals surface area contributed by atoms with Crippen LogP contribution in [0, 0.1) is 0 Å². The van der Waals surface area contributed by atoms with Gasteiger partial charge in [0.05, 0.1) is 0 Å². The van der Waals surface area contributed by atoms with Crippen molar-refractivity contribution in [1.29, 1.82) is 0 Å². The topological polar surface area (TPSA) is 108 Å². The first-order valence-corrected chi connectivity index (χ1v) is 6.28. The summed E-state index contributed by atoms with van der Waals surface area (Å²) in [5, 5.41) is 16.0. The Labute approximate surface area is 122 Å². The fourth-order valence-corrected chi connectivity index (χ4v) is 1.43. The molecule has 1 rings (SSSR count). The number of hydrogen-bond donors (Lipinski definition) is 4. The van der Waals surface area contributed by atoms with E-state index in [4.69, 9.17) is 5.11 Å². The highest BCUT2D eigenvalue weighted by Crippen LogP contribution is 2.09. The van der Waals surface area contributed by atoms with Gasteiger partial charge in [-0.15, -0.1) is 6.58 Å². The van der Waals surface area contributed by atoms with E-state index in [9.17, 15) is 14.4 Å². The lowest BCUT2D eigenvalue weighted by Crippen LogP contribution is -2.30. The van der Waals surface area contributed by atoms with Gasteiger partial charge >= 0.3 is 12.0 Å². The van der Waals surface area contributed by atoms with E-state index in [2.05, 4.69) is 22.5 Å². The van der Waals surface area contributed by atoms with Gasteiger partial charge in [-0.1, -0.05) is 6.08 Å². The molecule has 1 aromatic rings. The van der Waals surface area contributed by atoms with Crippen LogP contribution in [0.25, 0.3) is 0 Å². The van der Waals surface area contributed by atoms with Crippen LogP contribution in [-0.2, 0) is 4.79 Å². The van der Waals surface area contributed by atoms with Gasteiger partial charge in [0.15, 0.2) is 0 Å². The van der Waals surface area contributed by atoms with E-state index in [0.717, 1.165) is 0 Å². The van der Waals surface area contributed by atoms with Crippen molar-refractivity contribution < 1.29 is 19.5 Å². The molecular formula is C14H17N3O4. The SMILES string of the molecule is C=CCCNC(=O)Nc1ccc(C(=O)NCC(=O)O)cc1. The Morgan fingerprint density at radius 3 is 2.38 bits per heavy atom. The van der Waals surface area contributed by atoms with Crippen molar-refractivity contribution in [3.63, 3.8) is 0 Å². The van der Waals surface area contributed by atoms with Crippen molar-refractivity contribution in [3.8, 4) is 0 Å². The second kappa shape index (κ2) is 8.36. The van der Waals surface area contributed by atoms with Gasteiger partial charge in [0.25, 0.3) is 5.91 Å². The highest BCUT2D eigenvalue weighted by atomic mass is 16.4. The van der Waals surface area contributed by atoms with Gasteiger partial charge in [-0.25, -0.2) is 4.79 Å². The third-order valence-corrected chi connectivity index (χ3v) is 2.44. The summed E-state index contributed by atoms with van der Waals surface area (Å²) >= 11 is 0. The number of carbonyl (C=O) groups is 3.